The van der Waals surface area contributed by atoms with Gasteiger partial charge in [0.2, 0.25) is 0 Å². The van der Waals surface area contributed by atoms with E-state index in [0.717, 1.165) is 44.6 Å². The molecule has 1 amide bonds. The predicted octanol–water partition coefficient (Wildman–Crippen LogP) is 2.42. The highest BCUT2D eigenvalue weighted by atomic mass is 19.1. The van der Waals surface area contributed by atoms with E-state index >= 15 is 0 Å². The van der Waals surface area contributed by atoms with Crippen LogP contribution >= 0.6 is 0 Å². The molecule has 2 rings (SSSR count). The van der Waals surface area contributed by atoms with Gasteiger partial charge in [-0.2, -0.15) is 5.10 Å². The molecule has 0 unspecified atom stereocenters. The Hall–Kier alpha value is -1.75. The molecule has 108 valence electrons. The van der Waals surface area contributed by atoms with Gasteiger partial charge in [0.05, 0.1) is 0 Å². The number of hydrazone groups is 1. The maximum absolute atomic E-state index is 12.8. The molecule has 1 aromatic carbocycles. The molecule has 0 saturated carbocycles. The van der Waals surface area contributed by atoms with Crippen molar-refractivity contribution in [2.45, 2.75) is 26.2 Å². The van der Waals surface area contributed by atoms with Crippen molar-refractivity contribution < 1.29 is 9.18 Å². The van der Waals surface area contributed by atoms with Crippen molar-refractivity contribution in [2.24, 2.45) is 5.10 Å². The van der Waals surface area contributed by atoms with Gasteiger partial charge in [0.15, 0.2) is 0 Å². The number of hydrogen-bond acceptors (Lipinski definition) is 3. The van der Waals surface area contributed by atoms with E-state index in [0.29, 0.717) is 5.56 Å². The Bertz CT molecular complexity index is 474. The van der Waals surface area contributed by atoms with E-state index in [1.165, 1.54) is 24.3 Å². The number of carbonyl (C=O) groups is 1. The van der Waals surface area contributed by atoms with Gasteiger partial charge in [-0.15, -0.1) is 0 Å². The lowest BCUT2D eigenvalue weighted by atomic mass is 10.1. The zero-order valence-electron chi connectivity index (χ0n) is 11.7. The summed E-state index contributed by atoms with van der Waals surface area (Å²) in [6, 6.07) is 5.44. The van der Waals surface area contributed by atoms with Crippen molar-refractivity contribution in [2.75, 3.05) is 19.6 Å². The largest absolute Gasteiger partial charge is 0.303 e. The maximum Gasteiger partial charge on any atom is 0.271 e. The second-order valence-corrected chi connectivity index (χ2v) is 4.97. The number of nitrogens with zero attached hydrogens (tertiary/aromatic N) is 2. The Morgan fingerprint density at radius 3 is 2.55 bits per heavy atom. The van der Waals surface area contributed by atoms with Crippen molar-refractivity contribution in [1.82, 2.24) is 10.3 Å². The normalized spacial score (nSPS) is 16.0. The highest BCUT2D eigenvalue weighted by molar-refractivity contribution is 5.95. The Morgan fingerprint density at radius 1 is 1.30 bits per heavy atom. The van der Waals surface area contributed by atoms with Crippen LogP contribution in [0.5, 0.6) is 0 Å². The standard InChI is InChI=1S/C15H20FN3O/c1-2-9-19-10-7-14(8-11-19)17-18-15(20)12-3-5-13(16)6-4-12/h3-6H,2,7-11H2,1H3,(H,18,20). The average molecular weight is 277 g/mol. The molecule has 1 aliphatic heterocycles. The van der Waals surface area contributed by atoms with E-state index in [9.17, 15) is 9.18 Å². The molecule has 1 aliphatic rings. The minimum atomic E-state index is -0.351. The number of rotatable bonds is 4. The molecule has 0 spiro atoms. The number of benzene rings is 1. The summed E-state index contributed by atoms with van der Waals surface area (Å²) in [5.74, 6) is -0.648. The van der Waals surface area contributed by atoms with Crippen molar-refractivity contribution in [3.63, 3.8) is 0 Å². The molecule has 0 bridgehead atoms. The Labute approximate surface area is 118 Å². The molecule has 0 aromatic heterocycles. The van der Waals surface area contributed by atoms with Crippen LogP contribution in [0.2, 0.25) is 0 Å². The van der Waals surface area contributed by atoms with E-state index in [2.05, 4.69) is 22.4 Å². The number of likely N-dealkylation sites (tertiary alicyclic amines) is 1. The monoisotopic (exact) mass is 277 g/mol. The summed E-state index contributed by atoms with van der Waals surface area (Å²) < 4.78 is 12.8. The summed E-state index contributed by atoms with van der Waals surface area (Å²) in [7, 11) is 0. The third-order valence-corrected chi connectivity index (χ3v) is 3.40. The molecule has 1 heterocycles. The molecule has 4 nitrogen and oxygen atoms in total. The summed E-state index contributed by atoms with van der Waals surface area (Å²) in [5.41, 5.74) is 3.98. The molecular weight excluding hydrogens is 257 g/mol. The van der Waals surface area contributed by atoms with Gasteiger partial charge >= 0.3 is 0 Å². The lowest BCUT2D eigenvalue weighted by molar-refractivity contribution is 0.0954. The molecule has 0 radical (unpaired) electrons. The highest BCUT2D eigenvalue weighted by Crippen LogP contribution is 2.08. The first kappa shape index (κ1) is 14.7. The smallest absolute Gasteiger partial charge is 0.271 e. The van der Waals surface area contributed by atoms with Gasteiger partial charge in [-0.3, -0.25) is 4.79 Å². The predicted molar refractivity (Wildman–Crippen MR) is 77.3 cm³/mol. The van der Waals surface area contributed by atoms with Gasteiger partial charge in [0.25, 0.3) is 5.91 Å². The topological polar surface area (TPSA) is 44.7 Å². The van der Waals surface area contributed by atoms with E-state index in [-0.39, 0.29) is 11.7 Å². The van der Waals surface area contributed by atoms with Crippen LogP contribution in [0.25, 0.3) is 0 Å². The van der Waals surface area contributed by atoms with E-state index in [1.54, 1.807) is 0 Å². The van der Waals surface area contributed by atoms with Gasteiger partial charge in [-0.25, -0.2) is 9.82 Å². The van der Waals surface area contributed by atoms with E-state index in [1.807, 2.05) is 0 Å². The van der Waals surface area contributed by atoms with Gasteiger partial charge in [0, 0.05) is 37.2 Å². The van der Waals surface area contributed by atoms with Gasteiger partial charge in [-0.1, -0.05) is 6.92 Å². The van der Waals surface area contributed by atoms with Crippen molar-refractivity contribution >= 4 is 11.6 Å². The van der Waals surface area contributed by atoms with Crippen LogP contribution in [0.1, 0.15) is 36.5 Å². The minimum Gasteiger partial charge on any atom is -0.303 e. The summed E-state index contributed by atoms with van der Waals surface area (Å²) in [5, 5.41) is 4.17. The van der Waals surface area contributed by atoms with Crippen molar-refractivity contribution in [3.8, 4) is 0 Å². The molecule has 0 aliphatic carbocycles. The van der Waals surface area contributed by atoms with Crippen LogP contribution in [0, 0.1) is 5.82 Å². The number of hydrogen-bond donors (Lipinski definition) is 1. The van der Waals surface area contributed by atoms with Crippen LogP contribution in [0.3, 0.4) is 0 Å². The number of halogens is 1. The van der Waals surface area contributed by atoms with E-state index in [4.69, 9.17) is 0 Å². The fraction of sp³-hybridized carbons (Fsp3) is 0.467. The summed E-state index contributed by atoms with van der Waals surface area (Å²) in [6.07, 6.45) is 2.95. The second-order valence-electron chi connectivity index (χ2n) is 4.97. The highest BCUT2D eigenvalue weighted by Gasteiger charge is 2.14. The summed E-state index contributed by atoms with van der Waals surface area (Å²) in [4.78, 5) is 14.2. The first-order valence-electron chi connectivity index (χ1n) is 7.02. The van der Waals surface area contributed by atoms with Crippen molar-refractivity contribution in [3.05, 3.63) is 35.6 Å². The molecule has 5 heteroatoms. The molecule has 1 N–H and O–H groups in total. The zero-order valence-corrected chi connectivity index (χ0v) is 11.7. The van der Waals surface area contributed by atoms with Crippen molar-refractivity contribution in [1.29, 1.82) is 0 Å². The van der Waals surface area contributed by atoms with Gasteiger partial charge in [0.1, 0.15) is 5.82 Å². The first-order chi connectivity index (χ1) is 9.69. The minimum absolute atomic E-state index is 0.298. The van der Waals surface area contributed by atoms with Gasteiger partial charge in [-0.05, 0) is 37.2 Å². The van der Waals surface area contributed by atoms with E-state index < -0.39 is 0 Å². The Kier molecular flexibility index (Phi) is 5.24. The summed E-state index contributed by atoms with van der Waals surface area (Å²) in [6.45, 7) is 5.29. The van der Waals surface area contributed by atoms with Crippen LogP contribution in [0.15, 0.2) is 29.4 Å². The molecule has 1 saturated heterocycles. The third kappa shape index (κ3) is 4.13. The second kappa shape index (κ2) is 7.14. The Balaban J connectivity index is 1.84. The quantitative estimate of drug-likeness (QED) is 0.859. The lowest BCUT2D eigenvalue weighted by Gasteiger charge is -2.26. The maximum atomic E-state index is 12.8. The van der Waals surface area contributed by atoms with Crippen LogP contribution in [-0.4, -0.2) is 36.2 Å². The zero-order chi connectivity index (χ0) is 14.4. The SMILES string of the molecule is CCCN1CCC(=NNC(=O)c2ccc(F)cc2)CC1. The number of piperidine rings is 1. The Morgan fingerprint density at radius 2 is 1.95 bits per heavy atom. The third-order valence-electron chi connectivity index (χ3n) is 3.40. The summed E-state index contributed by atoms with van der Waals surface area (Å²) >= 11 is 0. The van der Waals surface area contributed by atoms with Crippen LogP contribution in [-0.2, 0) is 0 Å². The molecule has 20 heavy (non-hydrogen) atoms. The number of carbonyl (C=O) groups excluding carboxylic acids is 1. The van der Waals surface area contributed by atoms with Crippen LogP contribution in [0.4, 0.5) is 4.39 Å². The molecule has 1 fully saturated rings. The number of amides is 1. The first-order valence-corrected chi connectivity index (χ1v) is 7.02. The van der Waals surface area contributed by atoms with Gasteiger partial charge < -0.3 is 4.90 Å². The molecule has 1 aromatic rings. The fourth-order valence-electron chi connectivity index (χ4n) is 2.26. The number of nitrogens with one attached hydrogen (secondary N) is 1. The molecular formula is C15H20FN3O. The van der Waals surface area contributed by atoms with Crippen LogP contribution < -0.4 is 5.43 Å². The lowest BCUT2D eigenvalue weighted by Crippen LogP contribution is -2.35. The fourth-order valence-corrected chi connectivity index (χ4v) is 2.26. The average Bonchev–Trinajstić information content (AvgIpc) is 2.47. The molecule has 0 atom stereocenters.